The third kappa shape index (κ3) is 5.46. The van der Waals surface area contributed by atoms with Crippen molar-refractivity contribution >= 4 is 21.4 Å². The van der Waals surface area contributed by atoms with Crippen molar-refractivity contribution in [1.29, 1.82) is 5.26 Å². The Kier molecular flexibility index (Phi) is 4.86. The highest BCUT2D eigenvalue weighted by Crippen LogP contribution is 2.10. The molecule has 0 aliphatic carbocycles. The Balaban J connectivity index is 2.52. The van der Waals surface area contributed by atoms with E-state index in [-0.39, 0.29) is 18.1 Å². The van der Waals surface area contributed by atoms with Gasteiger partial charge in [0.1, 0.15) is 9.84 Å². The molecule has 6 heteroatoms. The van der Waals surface area contributed by atoms with Crippen LogP contribution in [0.2, 0.25) is 0 Å². The Labute approximate surface area is 106 Å². The van der Waals surface area contributed by atoms with Gasteiger partial charge in [-0.25, -0.2) is 8.42 Å². The van der Waals surface area contributed by atoms with Gasteiger partial charge in [0.25, 0.3) is 0 Å². The fourth-order valence-corrected chi connectivity index (χ4v) is 1.85. The zero-order valence-corrected chi connectivity index (χ0v) is 10.8. The molecule has 0 atom stereocenters. The Morgan fingerprint density at radius 3 is 2.44 bits per heavy atom. The van der Waals surface area contributed by atoms with Crippen LogP contribution in [-0.4, -0.2) is 26.3 Å². The summed E-state index contributed by atoms with van der Waals surface area (Å²) in [5, 5.41) is 11.1. The van der Waals surface area contributed by atoms with Crippen LogP contribution >= 0.6 is 0 Å². The van der Waals surface area contributed by atoms with Crippen LogP contribution in [0.4, 0.5) is 5.69 Å². The minimum atomic E-state index is -3.12. The van der Waals surface area contributed by atoms with Gasteiger partial charge in [0, 0.05) is 18.4 Å². The topological polar surface area (TPSA) is 87.0 Å². The first-order valence-corrected chi connectivity index (χ1v) is 7.40. The lowest BCUT2D eigenvalue weighted by Crippen LogP contribution is -2.16. The van der Waals surface area contributed by atoms with Crippen molar-refractivity contribution in [2.24, 2.45) is 0 Å². The van der Waals surface area contributed by atoms with Crippen molar-refractivity contribution < 1.29 is 13.2 Å². The van der Waals surface area contributed by atoms with Crippen LogP contribution in [0.15, 0.2) is 24.3 Å². The van der Waals surface area contributed by atoms with Crippen LogP contribution in [0.5, 0.6) is 0 Å². The molecule has 0 heterocycles. The average Bonchev–Trinajstić information content (AvgIpc) is 2.29. The van der Waals surface area contributed by atoms with Crippen LogP contribution in [0.1, 0.15) is 12.0 Å². The molecule has 0 saturated heterocycles. The van der Waals surface area contributed by atoms with Gasteiger partial charge < -0.3 is 5.32 Å². The molecule has 0 spiro atoms. The predicted molar refractivity (Wildman–Crippen MR) is 68.7 cm³/mol. The maximum atomic E-state index is 11.4. The second kappa shape index (κ2) is 6.17. The summed E-state index contributed by atoms with van der Waals surface area (Å²) in [6.07, 6.45) is 1.36. The highest BCUT2D eigenvalue weighted by atomic mass is 32.2. The maximum absolute atomic E-state index is 11.4. The molecule has 1 aromatic carbocycles. The van der Waals surface area contributed by atoms with E-state index in [9.17, 15) is 13.2 Å². The summed E-state index contributed by atoms with van der Waals surface area (Å²) in [6.45, 7) is 0. The molecule has 1 N–H and O–H groups in total. The lowest BCUT2D eigenvalue weighted by molar-refractivity contribution is -0.115. The van der Waals surface area contributed by atoms with Gasteiger partial charge in [-0.15, -0.1) is 0 Å². The smallest absolute Gasteiger partial charge is 0.225 e. The number of nitriles is 1. The van der Waals surface area contributed by atoms with Crippen molar-refractivity contribution in [3.63, 3.8) is 0 Å². The van der Waals surface area contributed by atoms with Gasteiger partial charge in [-0.3, -0.25) is 4.79 Å². The van der Waals surface area contributed by atoms with Crippen LogP contribution < -0.4 is 5.32 Å². The normalized spacial score (nSPS) is 10.7. The summed E-state index contributed by atoms with van der Waals surface area (Å²) < 4.78 is 21.8. The molecule has 96 valence electrons. The second-order valence-corrected chi connectivity index (χ2v) is 6.22. The van der Waals surface area contributed by atoms with Crippen LogP contribution in [-0.2, 0) is 21.1 Å². The molecule has 1 amide bonds. The number of hydrogen-bond donors (Lipinski definition) is 1. The molecule has 0 aliphatic rings. The lowest BCUT2D eigenvalue weighted by atomic mass is 10.1. The fraction of sp³-hybridized carbons (Fsp3) is 0.333. The van der Waals surface area contributed by atoms with Gasteiger partial charge in [-0.05, 0) is 17.7 Å². The van der Waals surface area contributed by atoms with Crippen LogP contribution in [0.3, 0.4) is 0 Å². The third-order valence-electron chi connectivity index (χ3n) is 2.22. The van der Waals surface area contributed by atoms with Crippen molar-refractivity contribution in [3.05, 3.63) is 29.8 Å². The zero-order chi connectivity index (χ0) is 13.6. The van der Waals surface area contributed by atoms with E-state index < -0.39 is 9.84 Å². The Bertz CT molecular complexity index is 556. The standard InChI is InChI=1S/C12H14N2O3S/c1-18(16,17)9-7-12(15)14-11-4-2-10(3-5-11)6-8-13/h2-5H,6-7,9H2,1H3,(H,14,15). The van der Waals surface area contributed by atoms with E-state index in [0.717, 1.165) is 11.8 Å². The molecule has 0 unspecified atom stereocenters. The summed E-state index contributed by atoms with van der Waals surface area (Å²) >= 11 is 0. The quantitative estimate of drug-likeness (QED) is 0.865. The van der Waals surface area contributed by atoms with Gasteiger partial charge in [-0.2, -0.15) is 5.26 Å². The molecular formula is C12H14N2O3S. The molecule has 5 nitrogen and oxygen atoms in total. The van der Waals surface area contributed by atoms with E-state index in [1.807, 2.05) is 6.07 Å². The largest absolute Gasteiger partial charge is 0.326 e. The molecule has 0 saturated carbocycles. The molecule has 0 radical (unpaired) electrons. The van der Waals surface area contributed by atoms with Gasteiger partial charge in [-0.1, -0.05) is 12.1 Å². The number of nitrogens with zero attached hydrogens (tertiary/aromatic N) is 1. The van der Waals surface area contributed by atoms with Crippen molar-refractivity contribution in [1.82, 2.24) is 0 Å². The summed E-state index contributed by atoms with van der Waals surface area (Å²) in [5.74, 6) is -0.501. The molecule has 0 fully saturated rings. The van der Waals surface area contributed by atoms with E-state index >= 15 is 0 Å². The molecule has 0 aromatic heterocycles. The van der Waals surface area contributed by atoms with E-state index in [1.54, 1.807) is 24.3 Å². The minimum Gasteiger partial charge on any atom is -0.326 e. The molecule has 1 rings (SSSR count). The SMILES string of the molecule is CS(=O)(=O)CCC(=O)Nc1ccc(CC#N)cc1. The minimum absolute atomic E-state index is 0.0568. The number of carbonyl (C=O) groups excluding carboxylic acids is 1. The van der Waals surface area contributed by atoms with Gasteiger partial charge >= 0.3 is 0 Å². The predicted octanol–water partition coefficient (Wildman–Crippen LogP) is 1.13. The van der Waals surface area contributed by atoms with E-state index in [4.69, 9.17) is 5.26 Å². The molecule has 18 heavy (non-hydrogen) atoms. The first-order valence-electron chi connectivity index (χ1n) is 5.34. The summed E-state index contributed by atoms with van der Waals surface area (Å²) in [7, 11) is -3.12. The van der Waals surface area contributed by atoms with Crippen molar-refractivity contribution in [3.8, 4) is 6.07 Å². The lowest BCUT2D eigenvalue weighted by Gasteiger charge is -2.05. The first kappa shape index (κ1) is 14.2. The Hall–Kier alpha value is -1.87. The van der Waals surface area contributed by atoms with E-state index in [0.29, 0.717) is 12.1 Å². The summed E-state index contributed by atoms with van der Waals surface area (Å²) in [4.78, 5) is 11.4. The number of rotatable bonds is 5. The molecule has 1 aromatic rings. The molecular weight excluding hydrogens is 252 g/mol. The van der Waals surface area contributed by atoms with Crippen molar-refractivity contribution in [2.75, 3.05) is 17.3 Å². The Morgan fingerprint density at radius 2 is 1.94 bits per heavy atom. The maximum Gasteiger partial charge on any atom is 0.225 e. The van der Waals surface area contributed by atoms with Crippen LogP contribution in [0.25, 0.3) is 0 Å². The van der Waals surface area contributed by atoms with Gasteiger partial charge in [0.15, 0.2) is 0 Å². The number of nitrogens with one attached hydrogen (secondary N) is 1. The average molecular weight is 266 g/mol. The van der Waals surface area contributed by atoms with Crippen molar-refractivity contribution in [2.45, 2.75) is 12.8 Å². The van der Waals surface area contributed by atoms with Gasteiger partial charge in [0.2, 0.25) is 5.91 Å². The number of carbonyl (C=O) groups is 1. The third-order valence-corrected chi connectivity index (χ3v) is 3.17. The summed E-state index contributed by atoms with van der Waals surface area (Å²) in [6, 6.07) is 8.89. The molecule has 0 aliphatic heterocycles. The number of anilines is 1. The number of sulfone groups is 1. The Morgan fingerprint density at radius 1 is 1.33 bits per heavy atom. The number of benzene rings is 1. The first-order chi connectivity index (χ1) is 8.40. The van der Waals surface area contributed by atoms with Crippen LogP contribution in [0, 0.1) is 11.3 Å². The van der Waals surface area contributed by atoms with Gasteiger partial charge in [0.05, 0.1) is 18.2 Å². The highest BCUT2D eigenvalue weighted by Gasteiger charge is 2.08. The highest BCUT2D eigenvalue weighted by molar-refractivity contribution is 7.90. The fourth-order valence-electron chi connectivity index (χ4n) is 1.30. The van der Waals surface area contributed by atoms with E-state index in [2.05, 4.69) is 5.32 Å². The molecule has 0 bridgehead atoms. The zero-order valence-electron chi connectivity index (χ0n) is 10.0. The number of amides is 1. The number of hydrogen-bond acceptors (Lipinski definition) is 4. The summed E-state index contributed by atoms with van der Waals surface area (Å²) in [5.41, 5.74) is 1.46. The monoisotopic (exact) mass is 266 g/mol. The second-order valence-electron chi connectivity index (χ2n) is 3.96. The van der Waals surface area contributed by atoms with E-state index in [1.165, 1.54) is 0 Å².